The Hall–Kier alpha value is -5.62. The van der Waals surface area contributed by atoms with Crippen molar-refractivity contribution in [3.05, 3.63) is 173 Å². The summed E-state index contributed by atoms with van der Waals surface area (Å²) in [5.74, 6) is 16.3. The molecule has 0 aliphatic heterocycles. The molecule has 0 amide bonds. The van der Waals surface area contributed by atoms with Crippen molar-refractivity contribution in [1.29, 1.82) is 0 Å². The van der Waals surface area contributed by atoms with E-state index in [0.717, 1.165) is 51.4 Å². The van der Waals surface area contributed by atoms with E-state index in [-0.39, 0.29) is 43.0 Å². The zero-order valence-electron chi connectivity index (χ0n) is 59.6. The van der Waals surface area contributed by atoms with E-state index in [1.165, 1.54) is 74.8 Å². The average molecular weight is 1350 g/mol. The van der Waals surface area contributed by atoms with Crippen molar-refractivity contribution >= 4 is 31.0 Å². The second-order valence-electron chi connectivity index (χ2n) is 24.7. The van der Waals surface area contributed by atoms with Crippen molar-refractivity contribution in [2.24, 2.45) is 0 Å². The van der Waals surface area contributed by atoms with Crippen LogP contribution in [0, 0.1) is 55.3 Å². The number of hydrogen-bond acceptors (Lipinski definition) is 8. The van der Waals surface area contributed by atoms with Gasteiger partial charge in [0, 0.05) is 44.9 Å². The molecule has 0 aromatic rings. The van der Waals surface area contributed by atoms with Crippen molar-refractivity contribution in [2.75, 3.05) is 0 Å². The number of hydrogen-bond donors (Lipinski definition) is 5. The summed E-state index contributed by atoms with van der Waals surface area (Å²) in [5, 5.41) is 52.3. The Labute approximate surface area is 567 Å². The number of allylic oxidation sites excluding steroid dienone is 23. The second kappa shape index (κ2) is 58.5. The summed E-state index contributed by atoms with van der Waals surface area (Å²) >= 11 is 4.25. The van der Waals surface area contributed by atoms with Gasteiger partial charge in [0.1, 0.15) is 22.8 Å². The van der Waals surface area contributed by atoms with Crippen LogP contribution < -0.4 is 0 Å². The summed E-state index contributed by atoms with van der Waals surface area (Å²) in [5.41, 5.74) is 4.79. The Balaban J connectivity index is -0.000000309. The molecule has 5 N–H and O–H groups in total. The van der Waals surface area contributed by atoms with Crippen LogP contribution >= 0.6 is 13.6 Å². The first kappa shape index (κ1) is 95.5. The fraction of sp³-hybridized carbons (Fsp3) is 0.500. The third-order valence-corrected chi connectivity index (χ3v) is 11.8. The molecule has 0 aliphatic rings. The monoisotopic (exact) mass is 1350 g/mol. The van der Waals surface area contributed by atoms with Crippen LogP contribution in [0.15, 0.2) is 166 Å². The number of rotatable bonds is 31. The molecule has 0 aromatic heterocycles. The van der Waals surface area contributed by atoms with Crippen LogP contribution in [0.4, 0.5) is 0 Å². The number of terminal acetylenes is 2. The summed E-state index contributed by atoms with van der Waals surface area (Å²) in [6, 6.07) is 0. The van der Waals surface area contributed by atoms with Crippen molar-refractivity contribution in [1.82, 2.24) is 0 Å². The van der Waals surface area contributed by atoms with Crippen LogP contribution in [-0.4, -0.2) is 70.9 Å². The summed E-state index contributed by atoms with van der Waals surface area (Å²) in [4.78, 5) is 31.3. The predicted molar refractivity (Wildman–Crippen MR) is 390 cm³/mol. The minimum atomic E-state index is -1.27. The molecule has 0 heterocycles. The summed E-state index contributed by atoms with van der Waals surface area (Å²) in [6.45, 7) is 41.1. The van der Waals surface area contributed by atoms with Gasteiger partial charge in [-0.2, -0.15) is 6.92 Å². The molecule has 0 radical (unpaired) electrons. The first-order valence-corrected chi connectivity index (χ1v) is 37.9. The van der Waals surface area contributed by atoms with E-state index in [1.807, 2.05) is 54.5 Å². The van der Waals surface area contributed by atoms with Gasteiger partial charge in [0.05, 0.1) is 16.8 Å². The van der Waals surface area contributed by atoms with E-state index < -0.39 is 28.0 Å². The molecule has 5 atom stereocenters. The van der Waals surface area contributed by atoms with Crippen LogP contribution in [0.25, 0.3) is 0 Å². The van der Waals surface area contributed by atoms with Crippen molar-refractivity contribution < 1.29 is 56.3 Å². The standard InChI is InChI=1S/C40H60O4.C16H24O.C13H20O.C8H12O2.C3H3.BrH.Zn/c1-33(2)19-13-21-35(5)23-15-27-39(9,43)31-17-29-37(7,41)25-11-12-26-38(8,42)30-18-32-40(10,44)28-16-24-36(6)22-14-20-34(3)4;1-6-12-16(5,17)13-8-11-15(4)10-7-9-14(2)3;1-11(2)7-5-8-12(3)9-6-10-13(4)14;1-7(9)5-3-4-6-8(2)10;1-3-2;;/h11-12,15-16,19-20,23-24,27-28,41-44H,13-14,21-22,25-26,31-32H2,1-10H3;1,8-9,11,13,17H,7,10,12H2,2-5H3;6-7,9-10H,5,8H2,1-4H3;3-4H,5-6H2,1-2H3;1H,2H2;1H;/q;;;;-1;;+2/p-1/b12-11+,27-15+,28-16+,35-23+,36-24+;13-8+,15-11+;10-6+,12-9+;4-3+;;;. The Kier molecular flexibility index (Phi) is 62.0. The Bertz CT molecular complexity index is 2600. The number of ketones is 3. The molecule has 496 valence electrons. The molecule has 10 heteroatoms. The van der Waals surface area contributed by atoms with Crippen LogP contribution in [-0.2, 0) is 30.7 Å². The van der Waals surface area contributed by atoms with Gasteiger partial charge in [-0.05, 0) is 196 Å². The third-order valence-electron chi connectivity index (χ3n) is 11.8. The first-order chi connectivity index (χ1) is 41.7. The molecule has 0 bridgehead atoms. The summed E-state index contributed by atoms with van der Waals surface area (Å²) in [7, 11) is 0. The van der Waals surface area contributed by atoms with E-state index >= 15 is 0 Å². The van der Waals surface area contributed by atoms with E-state index in [0.29, 0.717) is 19.3 Å². The molecule has 0 aliphatic carbocycles. The van der Waals surface area contributed by atoms with Gasteiger partial charge in [-0.15, -0.1) is 12.3 Å². The van der Waals surface area contributed by atoms with Crippen LogP contribution in [0.2, 0.25) is 0 Å². The van der Waals surface area contributed by atoms with Crippen LogP contribution in [0.1, 0.15) is 235 Å². The molecule has 8 nitrogen and oxygen atoms in total. The predicted octanol–water partition coefficient (Wildman–Crippen LogP) is 19.2. The number of aliphatic hydroxyl groups is 5. The van der Waals surface area contributed by atoms with E-state index in [4.69, 9.17) is 6.42 Å². The fourth-order valence-corrected chi connectivity index (χ4v) is 6.73. The maximum absolute atomic E-state index is 10.6. The quantitative estimate of drug-likeness (QED) is 0.0115. The van der Waals surface area contributed by atoms with Crippen LogP contribution in [0.5, 0.6) is 0 Å². The molecule has 0 aromatic carbocycles. The molecule has 90 heavy (non-hydrogen) atoms. The van der Waals surface area contributed by atoms with Crippen molar-refractivity contribution in [2.45, 2.75) is 263 Å². The van der Waals surface area contributed by atoms with E-state index in [9.17, 15) is 39.9 Å². The van der Waals surface area contributed by atoms with Gasteiger partial charge in [0.15, 0.2) is 5.78 Å². The zero-order chi connectivity index (χ0) is 70.8. The number of halogens is 1. The molecule has 5 unspecified atom stereocenters. The van der Waals surface area contributed by atoms with Gasteiger partial charge in [0.2, 0.25) is 0 Å². The Morgan fingerprint density at radius 2 is 0.700 bits per heavy atom. The number of Topliss-reactive ketones (excluding diaryl/α,β-unsaturated/α-hetero) is 2. The fourth-order valence-electron chi connectivity index (χ4n) is 6.73. The molecule has 0 spiro atoms. The number of carbonyl (C=O) groups excluding carboxylic acids is 3. The van der Waals surface area contributed by atoms with Gasteiger partial charge in [-0.1, -0.05) is 184 Å². The van der Waals surface area contributed by atoms with E-state index in [2.05, 4.69) is 164 Å². The minimum absolute atomic E-state index is 0.0957. The normalized spacial score (nSPS) is 14.8. The molecule has 0 saturated carbocycles. The van der Waals surface area contributed by atoms with Gasteiger partial charge in [-0.3, -0.25) is 14.4 Å². The third kappa shape index (κ3) is 82.4. The van der Waals surface area contributed by atoms with Gasteiger partial charge in [0.25, 0.3) is 0 Å². The molecular formula is C80H119BrO8Zn. The Morgan fingerprint density at radius 3 is 0.933 bits per heavy atom. The van der Waals surface area contributed by atoms with Crippen molar-refractivity contribution in [3.63, 3.8) is 0 Å². The number of carbonyl (C=O) groups is 3. The van der Waals surface area contributed by atoms with Gasteiger partial charge >= 0.3 is 30.0 Å². The first-order valence-electron chi connectivity index (χ1n) is 30.9. The Morgan fingerprint density at radius 1 is 0.444 bits per heavy atom. The second-order valence-corrected chi connectivity index (χ2v) is 24.7. The average Bonchev–Trinajstić information content (AvgIpc) is 3.55. The molecule has 0 rings (SSSR count). The SMILES string of the molecule is C#CCC(C)(O)/C=C/C=C(\C)CCC=C(C)C.C#C[CH2-].CC(=O)/C=C/C=C(\C)CCC=C(C)C.CC(=O)C/C=C/CC(C)=O.CC(C)=CCC/C(C)=C/C=C/C(C)(O)CC#CC(C)(O)C/C=C/CC(C)(O)C#CCC(C)(O)/C=C/C=C(\C)CCC=C(C)C.[Zn+][Br]. The van der Waals surface area contributed by atoms with Gasteiger partial charge < -0.3 is 37.9 Å². The van der Waals surface area contributed by atoms with Gasteiger partial charge in [-0.25, -0.2) is 0 Å². The summed E-state index contributed by atoms with van der Waals surface area (Å²) in [6.07, 6.45) is 58.2. The maximum atomic E-state index is 10.6. The van der Waals surface area contributed by atoms with E-state index in [1.54, 1.807) is 90.2 Å². The molecule has 0 fully saturated rings. The topological polar surface area (TPSA) is 152 Å². The van der Waals surface area contributed by atoms with Crippen molar-refractivity contribution in [3.8, 4) is 48.4 Å². The van der Waals surface area contributed by atoms with Crippen LogP contribution in [0.3, 0.4) is 0 Å². The molecule has 0 saturated heterocycles. The molecular weight excluding hydrogens is 1230 g/mol. The zero-order valence-corrected chi connectivity index (χ0v) is 64.1. The summed E-state index contributed by atoms with van der Waals surface area (Å²) < 4.78 is 0.